The molecule has 2 atom stereocenters. The average molecular weight is 414 g/mol. The summed E-state index contributed by atoms with van der Waals surface area (Å²) in [5, 5.41) is 22.0. The normalized spacial score (nSPS) is 24.0. The molecule has 1 amide bonds. The number of amides is 1. The van der Waals surface area contributed by atoms with Gasteiger partial charge in [-0.2, -0.15) is 4.98 Å². The molecule has 0 radical (unpaired) electrons. The van der Waals surface area contributed by atoms with Crippen LogP contribution in [0.5, 0.6) is 5.75 Å². The maximum Gasteiger partial charge on any atom is 0.408 e. The van der Waals surface area contributed by atoms with Crippen LogP contribution in [-0.2, 0) is 0 Å². The van der Waals surface area contributed by atoms with Gasteiger partial charge in [0.15, 0.2) is 11.1 Å². The van der Waals surface area contributed by atoms with Crippen molar-refractivity contribution in [2.75, 3.05) is 18.0 Å². The number of nitrogens with zero attached hydrogens (tertiary/aromatic N) is 4. The molecule has 8 nitrogen and oxygen atoms in total. The molecule has 3 aliphatic rings. The third-order valence-electron chi connectivity index (χ3n) is 6.38. The lowest BCUT2D eigenvalue weighted by Gasteiger charge is -2.67. The Bertz CT molecular complexity index is 1100. The number of fused-ring (bicyclic) bond motifs is 3. The van der Waals surface area contributed by atoms with Gasteiger partial charge < -0.3 is 19.5 Å². The maximum absolute atomic E-state index is 11.9. The summed E-state index contributed by atoms with van der Waals surface area (Å²) >= 11 is 1.49. The van der Waals surface area contributed by atoms with E-state index in [2.05, 4.69) is 30.7 Å². The monoisotopic (exact) mass is 414 g/mol. The van der Waals surface area contributed by atoms with Crippen LogP contribution in [0.4, 0.5) is 10.8 Å². The molecule has 3 fully saturated rings. The number of piperazine rings is 1. The van der Waals surface area contributed by atoms with Gasteiger partial charge in [0.2, 0.25) is 0 Å². The highest BCUT2D eigenvalue weighted by Gasteiger charge is 2.64. The van der Waals surface area contributed by atoms with Gasteiger partial charge in [0.25, 0.3) is 6.01 Å². The number of carbonyl (C=O) groups is 1. The second kappa shape index (κ2) is 5.85. The lowest BCUT2D eigenvalue weighted by molar-refractivity contribution is -0.125. The van der Waals surface area contributed by atoms with E-state index in [1.165, 1.54) is 11.3 Å². The van der Waals surface area contributed by atoms with E-state index in [1.807, 2.05) is 10.3 Å². The van der Waals surface area contributed by atoms with Gasteiger partial charge in [-0.15, -0.1) is 11.3 Å². The largest absolute Gasteiger partial charge is 0.506 e. The zero-order valence-corrected chi connectivity index (χ0v) is 17.2. The molecule has 9 heteroatoms. The molecule has 3 saturated heterocycles. The van der Waals surface area contributed by atoms with Crippen molar-refractivity contribution in [3.05, 3.63) is 23.0 Å². The number of rotatable bonds is 2. The molecule has 3 aliphatic heterocycles. The van der Waals surface area contributed by atoms with Gasteiger partial charge in [-0.25, -0.2) is 9.78 Å². The molecule has 6 rings (SSSR count). The third-order valence-corrected chi connectivity index (χ3v) is 6.96. The van der Waals surface area contributed by atoms with E-state index >= 15 is 0 Å². The molecule has 3 aromatic rings. The Morgan fingerprint density at radius 3 is 2.83 bits per heavy atom. The topological polar surface area (TPSA) is 103 Å². The van der Waals surface area contributed by atoms with Crippen LogP contribution in [0.25, 0.3) is 22.4 Å². The molecular formula is C20H22N4O4S. The van der Waals surface area contributed by atoms with Crippen LogP contribution in [0.3, 0.4) is 0 Å². The quantitative estimate of drug-likeness (QED) is 0.653. The van der Waals surface area contributed by atoms with Crippen molar-refractivity contribution in [1.82, 2.24) is 14.9 Å². The number of piperidine rings is 1. The van der Waals surface area contributed by atoms with Crippen LogP contribution >= 0.6 is 11.3 Å². The molecule has 2 aromatic heterocycles. The smallest absolute Gasteiger partial charge is 0.408 e. The van der Waals surface area contributed by atoms with Crippen molar-refractivity contribution in [2.45, 2.75) is 38.8 Å². The fraction of sp³-hybridized carbons (Fsp3) is 0.450. The summed E-state index contributed by atoms with van der Waals surface area (Å²) in [6, 6.07) is 3.68. The minimum atomic E-state index is -0.878. The number of hydrogen-bond acceptors (Lipinski definition) is 7. The molecular weight excluding hydrogens is 392 g/mol. The van der Waals surface area contributed by atoms with Crippen molar-refractivity contribution >= 4 is 34.5 Å². The SMILES string of the molecule is CC(C)(C)C12CC(CN(c3nc4c(O)ccc(-c5cscn5)c4o3)C1)N2C(=O)O. The van der Waals surface area contributed by atoms with Crippen LogP contribution in [0.2, 0.25) is 0 Å². The Morgan fingerprint density at radius 2 is 2.17 bits per heavy atom. The fourth-order valence-electron chi connectivity index (χ4n) is 4.79. The van der Waals surface area contributed by atoms with E-state index in [4.69, 9.17) is 4.42 Å². The predicted molar refractivity (Wildman–Crippen MR) is 109 cm³/mol. The van der Waals surface area contributed by atoms with Crippen LogP contribution in [-0.4, -0.2) is 55.8 Å². The maximum atomic E-state index is 11.9. The highest BCUT2D eigenvalue weighted by atomic mass is 32.1. The fourth-order valence-corrected chi connectivity index (χ4v) is 5.34. The van der Waals surface area contributed by atoms with Crippen LogP contribution in [0, 0.1) is 5.41 Å². The molecule has 5 heterocycles. The number of oxazole rings is 1. The second-order valence-electron chi connectivity index (χ2n) is 8.85. The van der Waals surface area contributed by atoms with Crippen LogP contribution in [0.15, 0.2) is 27.4 Å². The summed E-state index contributed by atoms with van der Waals surface area (Å²) in [5.74, 6) is 0.0499. The van der Waals surface area contributed by atoms with E-state index in [0.29, 0.717) is 30.2 Å². The highest BCUT2D eigenvalue weighted by molar-refractivity contribution is 7.07. The number of aromatic nitrogens is 2. The minimum Gasteiger partial charge on any atom is -0.506 e. The molecule has 152 valence electrons. The molecule has 1 aromatic carbocycles. The standard InChI is InChI=1S/C20H22N4O4S/c1-19(2,3)20-6-11(24(20)18(26)27)7-23(9-20)17-22-15-14(25)5-4-12(16(15)28-17)13-8-29-10-21-13/h4-5,8,10-11,25H,6-7,9H2,1-3H3,(H,26,27). The van der Waals surface area contributed by atoms with E-state index < -0.39 is 11.6 Å². The number of anilines is 1. The Morgan fingerprint density at radius 1 is 1.38 bits per heavy atom. The number of carboxylic acid groups (broad SMARTS) is 1. The first-order valence-electron chi connectivity index (χ1n) is 9.49. The lowest BCUT2D eigenvalue weighted by atomic mass is 9.60. The van der Waals surface area contributed by atoms with Gasteiger partial charge >= 0.3 is 6.09 Å². The summed E-state index contributed by atoms with van der Waals surface area (Å²) in [7, 11) is 0. The number of hydrogen-bond donors (Lipinski definition) is 2. The lowest BCUT2D eigenvalue weighted by Crippen LogP contribution is -2.82. The molecule has 0 aliphatic carbocycles. The van der Waals surface area contributed by atoms with Gasteiger partial charge in [-0.1, -0.05) is 20.8 Å². The van der Waals surface area contributed by atoms with E-state index in [1.54, 1.807) is 22.5 Å². The number of aromatic hydroxyl groups is 1. The van der Waals surface area contributed by atoms with E-state index in [9.17, 15) is 15.0 Å². The van der Waals surface area contributed by atoms with Gasteiger partial charge in [0, 0.05) is 24.0 Å². The summed E-state index contributed by atoms with van der Waals surface area (Å²) in [4.78, 5) is 24.4. The summed E-state index contributed by atoms with van der Waals surface area (Å²) in [6.07, 6.45) is -0.0497. The Labute approximate surface area is 171 Å². The molecule has 2 bridgehead atoms. The van der Waals surface area contributed by atoms with Crippen molar-refractivity contribution < 1.29 is 19.4 Å². The van der Waals surface area contributed by atoms with Crippen molar-refractivity contribution in [3.63, 3.8) is 0 Å². The summed E-state index contributed by atoms with van der Waals surface area (Å²) in [6.45, 7) is 7.23. The van der Waals surface area contributed by atoms with E-state index in [-0.39, 0.29) is 17.2 Å². The molecule has 0 saturated carbocycles. The average Bonchev–Trinajstić information content (AvgIpc) is 3.31. The zero-order valence-electron chi connectivity index (χ0n) is 16.4. The second-order valence-corrected chi connectivity index (χ2v) is 9.57. The summed E-state index contributed by atoms with van der Waals surface area (Å²) < 4.78 is 6.12. The van der Waals surface area contributed by atoms with Gasteiger partial charge in [-0.05, 0) is 24.0 Å². The predicted octanol–water partition coefficient (Wildman–Crippen LogP) is 4.01. The number of benzene rings is 1. The molecule has 2 unspecified atom stereocenters. The van der Waals surface area contributed by atoms with Gasteiger partial charge in [-0.3, -0.25) is 4.90 Å². The number of phenols is 1. The molecule has 2 N–H and O–H groups in total. The van der Waals surface area contributed by atoms with E-state index in [0.717, 1.165) is 17.7 Å². The van der Waals surface area contributed by atoms with Crippen molar-refractivity contribution in [2.24, 2.45) is 5.41 Å². The summed E-state index contributed by atoms with van der Waals surface area (Å²) in [5.41, 5.74) is 3.44. The molecule has 29 heavy (non-hydrogen) atoms. The third kappa shape index (κ3) is 2.46. The molecule has 0 spiro atoms. The highest BCUT2D eigenvalue weighted by Crippen LogP contribution is 2.53. The number of phenolic OH excluding ortho intramolecular Hbond substituents is 1. The Balaban J connectivity index is 1.57. The first-order chi connectivity index (χ1) is 13.7. The van der Waals surface area contributed by atoms with Crippen LogP contribution < -0.4 is 4.90 Å². The van der Waals surface area contributed by atoms with Crippen molar-refractivity contribution in [1.29, 1.82) is 0 Å². The zero-order chi connectivity index (χ0) is 20.6. The van der Waals surface area contributed by atoms with Crippen molar-refractivity contribution in [3.8, 4) is 17.0 Å². The van der Waals surface area contributed by atoms with Gasteiger partial charge in [0.05, 0.1) is 22.8 Å². The minimum absolute atomic E-state index is 0.0499. The number of thiazole rings is 1. The van der Waals surface area contributed by atoms with Crippen LogP contribution in [0.1, 0.15) is 27.2 Å². The van der Waals surface area contributed by atoms with Gasteiger partial charge in [0.1, 0.15) is 5.75 Å². The Hall–Kier alpha value is -2.81. The first-order valence-corrected chi connectivity index (χ1v) is 10.4. The first kappa shape index (κ1) is 18.2. The Kier molecular flexibility index (Phi) is 3.68.